The SMILES string of the molecule is COc1ccc2ncc(F)c(CCN3CC(N=O)[C@H](CNC(=O)O)C3)c2n1. The highest BCUT2D eigenvalue weighted by Crippen LogP contribution is 2.24. The molecule has 0 aliphatic carbocycles. The number of carbonyl (C=O) groups is 1. The molecule has 2 N–H and O–H groups in total. The molecule has 1 fully saturated rings. The minimum absolute atomic E-state index is 0.160. The van der Waals surface area contributed by atoms with E-state index in [1.165, 1.54) is 13.3 Å². The van der Waals surface area contributed by atoms with Crippen LogP contribution in [0.1, 0.15) is 5.56 Å². The summed E-state index contributed by atoms with van der Waals surface area (Å²) in [5, 5.41) is 14.1. The zero-order valence-electron chi connectivity index (χ0n) is 14.8. The van der Waals surface area contributed by atoms with E-state index in [0.29, 0.717) is 48.5 Å². The van der Waals surface area contributed by atoms with Crippen LogP contribution in [0.5, 0.6) is 5.88 Å². The molecule has 0 aromatic carbocycles. The van der Waals surface area contributed by atoms with Crippen LogP contribution in [0.4, 0.5) is 9.18 Å². The molecule has 2 atom stereocenters. The lowest BCUT2D eigenvalue weighted by molar-refractivity contribution is 0.192. The van der Waals surface area contributed by atoms with Gasteiger partial charge in [-0.1, -0.05) is 5.18 Å². The van der Waals surface area contributed by atoms with Gasteiger partial charge < -0.3 is 20.1 Å². The molecule has 0 radical (unpaired) electrons. The summed E-state index contributed by atoms with van der Waals surface area (Å²) in [6.07, 6.45) is 0.407. The second-order valence-corrected chi connectivity index (χ2v) is 6.43. The summed E-state index contributed by atoms with van der Waals surface area (Å²) >= 11 is 0. The van der Waals surface area contributed by atoms with Gasteiger partial charge in [0.25, 0.3) is 0 Å². The van der Waals surface area contributed by atoms with Crippen molar-refractivity contribution >= 4 is 17.1 Å². The third-order valence-electron chi connectivity index (χ3n) is 4.76. The molecule has 3 rings (SSSR count). The van der Waals surface area contributed by atoms with Gasteiger partial charge in [-0.25, -0.2) is 14.2 Å². The number of carboxylic acid groups (broad SMARTS) is 1. The van der Waals surface area contributed by atoms with E-state index in [-0.39, 0.29) is 12.5 Å². The summed E-state index contributed by atoms with van der Waals surface area (Å²) in [6.45, 7) is 1.58. The van der Waals surface area contributed by atoms with Gasteiger partial charge in [0.05, 0.1) is 24.3 Å². The highest BCUT2D eigenvalue weighted by atomic mass is 19.1. The van der Waals surface area contributed by atoms with Crippen molar-refractivity contribution in [2.24, 2.45) is 11.1 Å². The molecule has 1 unspecified atom stereocenters. The number of pyridine rings is 2. The zero-order chi connectivity index (χ0) is 19.4. The van der Waals surface area contributed by atoms with Crippen molar-refractivity contribution in [1.82, 2.24) is 20.2 Å². The van der Waals surface area contributed by atoms with Gasteiger partial charge in [-0.05, 0) is 12.5 Å². The Hall–Kier alpha value is -2.88. The van der Waals surface area contributed by atoms with E-state index < -0.39 is 18.0 Å². The first-order valence-corrected chi connectivity index (χ1v) is 8.51. The highest BCUT2D eigenvalue weighted by molar-refractivity contribution is 5.78. The molecule has 0 bridgehead atoms. The molecule has 3 heterocycles. The van der Waals surface area contributed by atoms with Crippen LogP contribution in [0, 0.1) is 16.6 Å². The summed E-state index contributed by atoms with van der Waals surface area (Å²) < 4.78 is 19.5. The van der Waals surface area contributed by atoms with Gasteiger partial charge in [-0.2, -0.15) is 4.91 Å². The first-order valence-electron chi connectivity index (χ1n) is 8.51. The van der Waals surface area contributed by atoms with Crippen LogP contribution in [0.25, 0.3) is 11.0 Å². The molecule has 10 heteroatoms. The molecule has 1 saturated heterocycles. The average molecular weight is 377 g/mol. The Kier molecular flexibility index (Phi) is 5.75. The topological polar surface area (TPSA) is 117 Å². The number of amides is 1. The minimum atomic E-state index is -1.14. The van der Waals surface area contributed by atoms with Crippen LogP contribution in [0.3, 0.4) is 0 Å². The molecule has 1 amide bonds. The van der Waals surface area contributed by atoms with Crippen molar-refractivity contribution in [1.29, 1.82) is 0 Å². The van der Waals surface area contributed by atoms with Crippen LogP contribution in [0.15, 0.2) is 23.5 Å². The lowest BCUT2D eigenvalue weighted by Crippen LogP contribution is -2.32. The lowest BCUT2D eigenvalue weighted by atomic mass is 10.1. The van der Waals surface area contributed by atoms with Crippen LogP contribution in [-0.2, 0) is 6.42 Å². The molecule has 0 spiro atoms. The third kappa shape index (κ3) is 4.27. The van der Waals surface area contributed by atoms with E-state index in [1.807, 2.05) is 4.90 Å². The van der Waals surface area contributed by atoms with Crippen LogP contribution >= 0.6 is 0 Å². The molecular weight excluding hydrogens is 357 g/mol. The maximum Gasteiger partial charge on any atom is 0.404 e. The number of halogens is 1. The van der Waals surface area contributed by atoms with E-state index in [4.69, 9.17) is 9.84 Å². The Balaban J connectivity index is 1.72. The molecular formula is C17H20FN5O4. The standard InChI is InChI=1S/C17H20FN5O4/c1-27-15-3-2-13-16(21-15)11(12(18)7-19-13)4-5-23-8-10(6-20-17(24)25)14(9-23)22-26/h2-3,7,10,14,20H,4-6,8-9H2,1H3,(H,24,25)/t10-,14?/m1/s1. The van der Waals surface area contributed by atoms with Crippen molar-refractivity contribution in [2.45, 2.75) is 12.5 Å². The Morgan fingerprint density at radius 1 is 1.48 bits per heavy atom. The Labute approximate surface area is 154 Å². The second-order valence-electron chi connectivity index (χ2n) is 6.43. The predicted molar refractivity (Wildman–Crippen MR) is 95.3 cm³/mol. The Bertz CT molecular complexity index is 849. The van der Waals surface area contributed by atoms with E-state index in [9.17, 15) is 14.1 Å². The number of ether oxygens (including phenoxy) is 1. The zero-order valence-corrected chi connectivity index (χ0v) is 14.8. The third-order valence-corrected chi connectivity index (χ3v) is 4.76. The molecule has 9 nitrogen and oxygen atoms in total. The smallest absolute Gasteiger partial charge is 0.404 e. The lowest BCUT2D eigenvalue weighted by Gasteiger charge is -2.16. The highest BCUT2D eigenvalue weighted by Gasteiger charge is 2.33. The molecule has 27 heavy (non-hydrogen) atoms. The van der Waals surface area contributed by atoms with E-state index in [0.717, 1.165) is 0 Å². The molecule has 144 valence electrons. The summed E-state index contributed by atoms with van der Waals surface area (Å²) in [4.78, 5) is 32.0. The monoisotopic (exact) mass is 377 g/mol. The second kappa shape index (κ2) is 8.21. The number of nitrogens with zero attached hydrogens (tertiary/aromatic N) is 4. The predicted octanol–water partition coefficient (Wildman–Crippen LogP) is 1.65. The number of rotatable bonds is 7. The summed E-state index contributed by atoms with van der Waals surface area (Å²) in [5.41, 5.74) is 1.45. The number of nitroso groups, excluding NO2 is 1. The maximum atomic E-state index is 14.4. The van der Waals surface area contributed by atoms with Crippen LogP contribution < -0.4 is 10.1 Å². The number of fused-ring (bicyclic) bond motifs is 1. The molecule has 0 saturated carbocycles. The number of nitrogens with one attached hydrogen (secondary N) is 1. The fraction of sp³-hybridized carbons (Fsp3) is 0.471. The van der Waals surface area contributed by atoms with Gasteiger partial charge in [0.1, 0.15) is 11.9 Å². The number of hydrogen-bond donors (Lipinski definition) is 2. The van der Waals surface area contributed by atoms with Gasteiger partial charge in [0.15, 0.2) is 0 Å². The normalized spacial score (nSPS) is 19.9. The van der Waals surface area contributed by atoms with Crippen LogP contribution in [-0.4, -0.2) is 65.4 Å². The first-order chi connectivity index (χ1) is 13.0. The summed E-state index contributed by atoms with van der Waals surface area (Å²) in [7, 11) is 1.49. The van der Waals surface area contributed by atoms with E-state index in [2.05, 4.69) is 20.5 Å². The van der Waals surface area contributed by atoms with Crippen molar-refractivity contribution in [3.63, 3.8) is 0 Å². The Morgan fingerprint density at radius 3 is 3.00 bits per heavy atom. The summed E-state index contributed by atoms with van der Waals surface area (Å²) in [6, 6.07) is 2.90. The number of methoxy groups -OCH3 is 1. The Morgan fingerprint density at radius 2 is 2.30 bits per heavy atom. The van der Waals surface area contributed by atoms with Crippen LogP contribution in [0.2, 0.25) is 0 Å². The molecule has 1 aliphatic rings. The minimum Gasteiger partial charge on any atom is -0.481 e. The van der Waals surface area contributed by atoms with Crippen molar-refractivity contribution in [3.8, 4) is 5.88 Å². The fourth-order valence-corrected chi connectivity index (χ4v) is 3.36. The molecule has 1 aliphatic heterocycles. The van der Waals surface area contributed by atoms with Crippen molar-refractivity contribution < 1.29 is 19.0 Å². The first kappa shape index (κ1) is 18.9. The van der Waals surface area contributed by atoms with Gasteiger partial charge in [0.2, 0.25) is 5.88 Å². The van der Waals surface area contributed by atoms with Crippen molar-refractivity contribution in [3.05, 3.63) is 34.6 Å². The van der Waals surface area contributed by atoms with E-state index >= 15 is 0 Å². The maximum absolute atomic E-state index is 14.4. The number of aromatic nitrogens is 2. The fourth-order valence-electron chi connectivity index (χ4n) is 3.36. The molecule has 2 aromatic heterocycles. The van der Waals surface area contributed by atoms with Gasteiger partial charge in [-0.15, -0.1) is 0 Å². The van der Waals surface area contributed by atoms with Gasteiger partial charge >= 0.3 is 6.09 Å². The van der Waals surface area contributed by atoms with Gasteiger partial charge in [-0.3, -0.25) is 4.98 Å². The number of likely N-dealkylation sites (tertiary alicyclic amines) is 1. The van der Waals surface area contributed by atoms with Crippen molar-refractivity contribution in [2.75, 3.05) is 33.3 Å². The summed E-state index contributed by atoms with van der Waals surface area (Å²) in [5.74, 6) is -0.269. The quantitative estimate of drug-likeness (QED) is 0.705. The largest absolute Gasteiger partial charge is 0.481 e. The average Bonchev–Trinajstić information content (AvgIpc) is 3.07. The molecule has 2 aromatic rings. The van der Waals surface area contributed by atoms with Gasteiger partial charge in [0, 0.05) is 43.7 Å². The van der Waals surface area contributed by atoms with E-state index in [1.54, 1.807) is 12.1 Å². The number of hydrogen-bond acceptors (Lipinski definition) is 7.